The van der Waals surface area contributed by atoms with Gasteiger partial charge in [0, 0.05) is 13.6 Å². The van der Waals surface area contributed by atoms with E-state index in [1.807, 2.05) is 37.4 Å². The second-order valence-corrected chi connectivity index (χ2v) is 5.77. The van der Waals surface area contributed by atoms with E-state index in [2.05, 4.69) is 26.5 Å². The molecule has 1 aromatic rings. The zero-order valence-electron chi connectivity index (χ0n) is 11.5. The molecule has 2 nitrogen and oxygen atoms in total. The van der Waals surface area contributed by atoms with Crippen LogP contribution in [0.15, 0.2) is 30.3 Å². The Labute approximate surface area is 116 Å². The van der Waals surface area contributed by atoms with E-state index in [4.69, 9.17) is 0 Å². The molecule has 1 aromatic carbocycles. The van der Waals surface area contributed by atoms with Crippen LogP contribution >= 0.6 is 12.6 Å². The van der Waals surface area contributed by atoms with Crippen molar-refractivity contribution in [3.8, 4) is 0 Å². The van der Waals surface area contributed by atoms with Gasteiger partial charge in [0.1, 0.15) is 0 Å². The third kappa shape index (κ3) is 5.13. The van der Waals surface area contributed by atoms with Crippen LogP contribution in [0, 0.1) is 5.92 Å². The van der Waals surface area contributed by atoms with Gasteiger partial charge in [0.05, 0.1) is 5.25 Å². The lowest BCUT2D eigenvalue weighted by atomic mass is 10.1. The maximum Gasteiger partial charge on any atom is 0.235 e. The van der Waals surface area contributed by atoms with E-state index in [-0.39, 0.29) is 11.2 Å². The van der Waals surface area contributed by atoms with E-state index < -0.39 is 0 Å². The largest absolute Gasteiger partial charge is 0.345 e. The summed E-state index contributed by atoms with van der Waals surface area (Å²) in [5, 5.41) is -0.246. The maximum absolute atomic E-state index is 12.1. The van der Waals surface area contributed by atoms with E-state index >= 15 is 0 Å². The van der Waals surface area contributed by atoms with Gasteiger partial charge >= 0.3 is 0 Å². The van der Waals surface area contributed by atoms with Crippen molar-refractivity contribution in [1.82, 2.24) is 4.90 Å². The van der Waals surface area contributed by atoms with Gasteiger partial charge in [-0.1, -0.05) is 44.2 Å². The molecule has 0 aliphatic carbocycles. The van der Waals surface area contributed by atoms with Crippen molar-refractivity contribution in [3.05, 3.63) is 35.9 Å². The molecule has 0 spiro atoms. The van der Waals surface area contributed by atoms with Crippen molar-refractivity contribution in [2.75, 3.05) is 13.6 Å². The molecule has 18 heavy (non-hydrogen) atoms. The SMILES string of the molecule is CC(C)CCN(C)C(=O)C(S)Cc1ccccc1. The second kappa shape index (κ2) is 7.47. The number of hydrogen-bond donors (Lipinski definition) is 1. The zero-order chi connectivity index (χ0) is 13.5. The molecule has 1 rings (SSSR count). The molecule has 0 saturated heterocycles. The number of carbonyl (C=O) groups excluding carboxylic acids is 1. The Morgan fingerprint density at radius 3 is 2.44 bits per heavy atom. The molecule has 3 heteroatoms. The van der Waals surface area contributed by atoms with Crippen LogP contribution in [-0.4, -0.2) is 29.6 Å². The molecule has 0 aliphatic rings. The highest BCUT2D eigenvalue weighted by Crippen LogP contribution is 2.11. The van der Waals surface area contributed by atoms with Crippen LogP contribution in [0.5, 0.6) is 0 Å². The van der Waals surface area contributed by atoms with E-state index in [0.29, 0.717) is 12.3 Å². The Bertz CT molecular complexity index is 364. The standard InChI is InChI=1S/C15H23NOS/c1-12(2)9-10-16(3)15(17)14(18)11-13-7-5-4-6-8-13/h4-8,12,14,18H,9-11H2,1-3H3. The fourth-order valence-electron chi connectivity index (χ4n) is 1.74. The number of nitrogens with zero attached hydrogens (tertiary/aromatic N) is 1. The van der Waals surface area contributed by atoms with Crippen LogP contribution in [-0.2, 0) is 11.2 Å². The summed E-state index contributed by atoms with van der Waals surface area (Å²) in [6, 6.07) is 10.0. The van der Waals surface area contributed by atoms with Crippen molar-refractivity contribution >= 4 is 18.5 Å². The third-order valence-corrected chi connectivity index (χ3v) is 3.38. The molecule has 100 valence electrons. The molecule has 0 fully saturated rings. The summed E-state index contributed by atoms with van der Waals surface area (Å²) in [6.45, 7) is 5.14. The average Bonchev–Trinajstić information content (AvgIpc) is 2.36. The van der Waals surface area contributed by atoms with Gasteiger partial charge in [-0.3, -0.25) is 4.79 Å². The minimum absolute atomic E-state index is 0.114. The Balaban J connectivity index is 2.46. The van der Waals surface area contributed by atoms with Crippen molar-refractivity contribution in [2.45, 2.75) is 31.9 Å². The van der Waals surface area contributed by atoms with E-state index in [1.54, 1.807) is 4.90 Å². The van der Waals surface area contributed by atoms with Crippen LogP contribution in [0.2, 0.25) is 0 Å². The normalized spacial score (nSPS) is 12.5. The molecule has 0 aliphatic heterocycles. The fourth-order valence-corrected chi connectivity index (χ4v) is 2.15. The first-order valence-electron chi connectivity index (χ1n) is 6.47. The fraction of sp³-hybridized carbons (Fsp3) is 0.533. The summed E-state index contributed by atoms with van der Waals surface area (Å²) in [7, 11) is 1.86. The molecule has 0 saturated carbocycles. The Hall–Kier alpha value is -0.960. The van der Waals surface area contributed by atoms with Gasteiger partial charge in [0.2, 0.25) is 5.91 Å². The molecule has 0 radical (unpaired) electrons. The van der Waals surface area contributed by atoms with Crippen LogP contribution in [0.1, 0.15) is 25.8 Å². The molecule has 0 aromatic heterocycles. The van der Waals surface area contributed by atoms with Gasteiger partial charge < -0.3 is 4.90 Å². The van der Waals surface area contributed by atoms with Crippen molar-refractivity contribution in [1.29, 1.82) is 0 Å². The summed E-state index contributed by atoms with van der Waals surface area (Å²) in [5.41, 5.74) is 1.16. The molecule has 0 heterocycles. The summed E-state index contributed by atoms with van der Waals surface area (Å²) in [5.74, 6) is 0.732. The molecular weight excluding hydrogens is 242 g/mol. The number of benzene rings is 1. The monoisotopic (exact) mass is 265 g/mol. The molecule has 1 amide bonds. The van der Waals surface area contributed by atoms with Crippen molar-refractivity contribution in [2.24, 2.45) is 5.92 Å². The Morgan fingerprint density at radius 1 is 1.28 bits per heavy atom. The van der Waals surface area contributed by atoms with Gasteiger partial charge in [-0.25, -0.2) is 0 Å². The first-order valence-corrected chi connectivity index (χ1v) is 6.99. The first kappa shape index (κ1) is 15.1. The van der Waals surface area contributed by atoms with Crippen LogP contribution in [0.3, 0.4) is 0 Å². The highest BCUT2D eigenvalue weighted by Gasteiger charge is 2.18. The van der Waals surface area contributed by atoms with E-state index in [0.717, 1.165) is 18.5 Å². The van der Waals surface area contributed by atoms with Crippen LogP contribution in [0.25, 0.3) is 0 Å². The Morgan fingerprint density at radius 2 is 1.89 bits per heavy atom. The van der Waals surface area contributed by atoms with Gasteiger partial charge in [0.25, 0.3) is 0 Å². The highest BCUT2D eigenvalue weighted by molar-refractivity contribution is 7.81. The molecular formula is C15H23NOS. The molecule has 0 N–H and O–H groups in total. The molecule has 1 unspecified atom stereocenters. The van der Waals surface area contributed by atoms with Crippen molar-refractivity contribution < 1.29 is 4.79 Å². The second-order valence-electron chi connectivity index (χ2n) is 5.15. The third-order valence-electron chi connectivity index (χ3n) is 2.98. The highest BCUT2D eigenvalue weighted by atomic mass is 32.1. The lowest BCUT2D eigenvalue weighted by Gasteiger charge is -2.21. The lowest BCUT2D eigenvalue weighted by Crippen LogP contribution is -2.35. The lowest BCUT2D eigenvalue weighted by molar-refractivity contribution is -0.129. The predicted octanol–water partition coefficient (Wildman–Crippen LogP) is 3.03. The maximum atomic E-state index is 12.1. The minimum atomic E-state index is -0.246. The summed E-state index contributed by atoms with van der Waals surface area (Å²) in [6.07, 6.45) is 1.73. The van der Waals surface area contributed by atoms with Crippen LogP contribution in [0.4, 0.5) is 0 Å². The number of amides is 1. The Kier molecular flexibility index (Phi) is 6.27. The summed E-state index contributed by atoms with van der Waals surface area (Å²) >= 11 is 4.43. The van der Waals surface area contributed by atoms with Gasteiger partial charge in [-0.15, -0.1) is 0 Å². The van der Waals surface area contributed by atoms with Gasteiger partial charge in [-0.05, 0) is 24.3 Å². The minimum Gasteiger partial charge on any atom is -0.345 e. The number of thiol groups is 1. The van der Waals surface area contributed by atoms with Crippen LogP contribution < -0.4 is 0 Å². The van der Waals surface area contributed by atoms with Crippen molar-refractivity contribution in [3.63, 3.8) is 0 Å². The van der Waals surface area contributed by atoms with E-state index in [1.165, 1.54) is 0 Å². The first-order chi connectivity index (χ1) is 8.50. The number of carbonyl (C=O) groups is 1. The zero-order valence-corrected chi connectivity index (χ0v) is 12.4. The predicted molar refractivity (Wildman–Crippen MR) is 80.0 cm³/mol. The molecule has 0 bridgehead atoms. The quantitative estimate of drug-likeness (QED) is 0.784. The number of rotatable bonds is 6. The topological polar surface area (TPSA) is 20.3 Å². The van der Waals surface area contributed by atoms with Gasteiger partial charge in [-0.2, -0.15) is 12.6 Å². The smallest absolute Gasteiger partial charge is 0.235 e. The molecule has 1 atom stereocenters. The number of hydrogen-bond acceptors (Lipinski definition) is 2. The average molecular weight is 265 g/mol. The van der Waals surface area contributed by atoms with Gasteiger partial charge in [0.15, 0.2) is 0 Å². The summed E-state index contributed by atoms with van der Waals surface area (Å²) in [4.78, 5) is 13.9. The van der Waals surface area contributed by atoms with E-state index in [9.17, 15) is 4.79 Å². The summed E-state index contributed by atoms with van der Waals surface area (Å²) < 4.78 is 0.